The molecule has 0 bridgehead atoms. The number of Topliss-reactive ketones (excluding diaryl/α,β-unsaturated/α-hetero) is 1. The largest absolute Gasteiger partial charge is 0.326 e. The lowest BCUT2D eigenvalue weighted by Crippen LogP contribution is -2.26. The fourth-order valence-corrected chi connectivity index (χ4v) is 4.83. The number of fused-ring (bicyclic) bond motifs is 1. The van der Waals surface area contributed by atoms with E-state index < -0.39 is 0 Å². The van der Waals surface area contributed by atoms with Crippen LogP contribution in [0.2, 0.25) is 0 Å². The number of hydrogen-bond donors (Lipinski definition) is 1. The highest BCUT2D eigenvalue weighted by atomic mass is 32.2. The first kappa shape index (κ1) is 20.3. The minimum Gasteiger partial charge on any atom is -0.326 e. The summed E-state index contributed by atoms with van der Waals surface area (Å²) in [6.07, 6.45) is 4.14. The Labute approximate surface area is 178 Å². The van der Waals surface area contributed by atoms with Crippen LogP contribution in [0.5, 0.6) is 0 Å². The van der Waals surface area contributed by atoms with Crippen molar-refractivity contribution in [2.75, 3.05) is 11.1 Å². The van der Waals surface area contributed by atoms with Gasteiger partial charge in [-0.2, -0.15) is 0 Å². The van der Waals surface area contributed by atoms with E-state index in [9.17, 15) is 14.4 Å². The van der Waals surface area contributed by atoms with Gasteiger partial charge in [0, 0.05) is 24.2 Å². The van der Waals surface area contributed by atoms with Crippen molar-refractivity contribution in [2.24, 2.45) is 0 Å². The summed E-state index contributed by atoms with van der Waals surface area (Å²) in [5, 5.41) is 3.91. The van der Waals surface area contributed by atoms with E-state index >= 15 is 0 Å². The number of nitrogens with one attached hydrogen (secondary N) is 1. The molecular formula is C23H23N3O3S. The van der Waals surface area contributed by atoms with Crippen LogP contribution in [-0.2, 0) is 4.79 Å². The molecule has 4 rings (SSSR count). The van der Waals surface area contributed by atoms with Crippen LogP contribution in [0.25, 0.3) is 10.9 Å². The molecule has 1 aliphatic carbocycles. The number of carbonyl (C=O) groups is 2. The molecule has 0 radical (unpaired) electrons. The van der Waals surface area contributed by atoms with E-state index in [2.05, 4.69) is 5.32 Å². The third-order valence-corrected chi connectivity index (χ3v) is 6.28. The predicted octanol–water partition coefficient (Wildman–Crippen LogP) is 4.45. The second kappa shape index (κ2) is 8.83. The Morgan fingerprint density at radius 2 is 1.80 bits per heavy atom. The minimum absolute atomic E-state index is 0.0258. The molecule has 0 spiro atoms. The lowest BCUT2D eigenvalue weighted by molar-refractivity contribution is -0.114. The normalized spacial score (nSPS) is 14.2. The van der Waals surface area contributed by atoms with Gasteiger partial charge >= 0.3 is 0 Å². The molecule has 154 valence electrons. The number of benzene rings is 2. The Balaban J connectivity index is 1.58. The van der Waals surface area contributed by atoms with Crippen molar-refractivity contribution in [3.8, 4) is 0 Å². The number of rotatable bonds is 6. The highest BCUT2D eigenvalue weighted by Gasteiger charge is 2.23. The Bertz CT molecular complexity index is 1150. The smallest absolute Gasteiger partial charge is 0.262 e. The molecule has 1 saturated carbocycles. The number of hydrogen-bond acceptors (Lipinski definition) is 5. The molecule has 7 heteroatoms. The van der Waals surface area contributed by atoms with Crippen molar-refractivity contribution >= 4 is 40.0 Å². The van der Waals surface area contributed by atoms with Crippen LogP contribution in [0.3, 0.4) is 0 Å². The van der Waals surface area contributed by atoms with Gasteiger partial charge in [-0.25, -0.2) is 4.98 Å². The summed E-state index contributed by atoms with van der Waals surface area (Å²) < 4.78 is 1.80. The molecule has 1 N–H and O–H groups in total. The summed E-state index contributed by atoms with van der Waals surface area (Å²) in [6, 6.07) is 14.3. The first-order chi connectivity index (χ1) is 14.5. The van der Waals surface area contributed by atoms with Crippen LogP contribution >= 0.6 is 11.8 Å². The Morgan fingerprint density at radius 1 is 1.10 bits per heavy atom. The van der Waals surface area contributed by atoms with Gasteiger partial charge in [0.2, 0.25) is 5.91 Å². The van der Waals surface area contributed by atoms with E-state index in [0.717, 1.165) is 25.7 Å². The summed E-state index contributed by atoms with van der Waals surface area (Å²) in [5.41, 5.74) is 1.85. The molecule has 1 aromatic heterocycles. The van der Waals surface area contributed by atoms with Crippen LogP contribution in [0.1, 0.15) is 49.0 Å². The van der Waals surface area contributed by atoms with Crippen LogP contribution in [0.4, 0.5) is 5.69 Å². The molecule has 1 amide bonds. The number of ketones is 1. The van der Waals surface area contributed by atoms with Gasteiger partial charge in [0.25, 0.3) is 5.56 Å². The summed E-state index contributed by atoms with van der Waals surface area (Å²) in [4.78, 5) is 41.7. The van der Waals surface area contributed by atoms with Gasteiger partial charge in [-0.1, -0.05) is 36.7 Å². The second-order valence-electron chi connectivity index (χ2n) is 7.50. The monoisotopic (exact) mass is 421 g/mol. The van der Waals surface area contributed by atoms with Gasteiger partial charge in [0.15, 0.2) is 10.9 Å². The highest BCUT2D eigenvalue weighted by molar-refractivity contribution is 7.99. The third-order valence-electron chi connectivity index (χ3n) is 5.32. The van der Waals surface area contributed by atoms with Crippen molar-refractivity contribution in [3.63, 3.8) is 0 Å². The van der Waals surface area contributed by atoms with Crippen molar-refractivity contribution in [3.05, 3.63) is 64.4 Å². The molecule has 0 atom stereocenters. The maximum atomic E-state index is 13.2. The van der Waals surface area contributed by atoms with Gasteiger partial charge in [0.1, 0.15) is 0 Å². The van der Waals surface area contributed by atoms with Crippen molar-refractivity contribution < 1.29 is 9.59 Å². The van der Waals surface area contributed by atoms with E-state index in [1.165, 1.54) is 18.7 Å². The van der Waals surface area contributed by atoms with E-state index in [0.29, 0.717) is 27.3 Å². The zero-order valence-corrected chi connectivity index (χ0v) is 17.6. The molecule has 0 unspecified atom stereocenters. The quantitative estimate of drug-likeness (QED) is 0.361. The van der Waals surface area contributed by atoms with Crippen LogP contribution in [0, 0.1) is 0 Å². The molecule has 1 fully saturated rings. The van der Waals surface area contributed by atoms with Crippen LogP contribution in [-0.4, -0.2) is 27.0 Å². The molecule has 6 nitrogen and oxygen atoms in total. The average Bonchev–Trinajstić information content (AvgIpc) is 3.26. The van der Waals surface area contributed by atoms with Crippen LogP contribution < -0.4 is 10.9 Å². The summed E-state index contributed by atoms with van der Waals surface area (Å²) in [7, 11) is 0. The number of para-hydroxylation sites is 1. The Hall–Kier alpha value is -2.93. The first-order valence-electron chi connectivity index (χ1n) is 10.1. The zero-order valence-electron chi connectivity index (χ0n) is 16.8. The van der Waals surface area contributed by atoms with Gasteiger partial charge in [-0.3, -0.25) is 19.0 Å². The molecule has 30 heavy (non-hydrogen) atoms. The van der Waals surface area contributed by atoms with Gasteiger partial charge < -0.3 is 5.32 Å². The van der Waals surface area contributed by atoms with E-state index in [1.54, 1.807) is 28.8 Å². The molecule has 2 aromatic carbocycles. The number of amides is 1. The minimum atomic E-state index is -0.156. The predicted molar refractivity (Wildman–Crippen MR) is 119 cm³/mol. The van der Waals surface area contributed by atoms with Crippen molar-refractivity contribution in [1.82, 2.24) is 9.55 Å². The SMILES string of the molecule is CC(=O)Nc1ccc(C(=O)CSc2nc3ccccc3c(=O)n2C2CCCC2)cc1. The first-order valence-corrected chi connectivity index (χ1v) is 11.1. The molecule has 0 aliphatic heterocycles. The standard InChI is InChI=1S/C23H23N3O3S/c1-15(27)24-17-12-10-16(11-13-17)21(28)14-30-23-25-20-9-5-4-8-19(20)22(29)26(23)18-6-2-3-7-18/h4-5,8-13,18H,2-3,6-7,14H2,1H3,(H,24,27). The number of aromatic nitrogens is 2. The van der Waals surface area contributed by atoms with Gasteiger partial charge in [0.05, 0.1) is 16.7 Å². The van der Waals surface area contributed by atoms with Gasteiger partial charge in [-0.15, -0.1) is 0 Å². The summed E-state index contributed by atoms with van der Waals surface area (Å²) in [5.74, 6) is -0.0107. The lowest BCUT2D eigenvalue weighted by atomic mass is 10.1. The number of thioether (sulfide) groups is 1. The summed E-state index contributed by atoms with van der Waals surface area (Å²) in [6.45, 7) is 1.44. The maximum Gasteiger partial charge on any atom is 0.262 e. The van der Waals surface area contributed by atoms with Crippen LogP contribution in [0.15, 0.2) is 58.5 Å². The Morgan fingerprint density at radius 3 is 2.50 bits per heavy atom. The van der Waals surface area contributed by atoms with Crippen molar-refractivity contribution in [1.29, 1.82) is 0 Å². The number of anilines is 1. The highest BCUT2D eigenvalue weighted by Crippen LogP contribution is 2.32. The molecule has 1 aliphatic rings. The average molecular weight is 422 g/mol. The van der Waals surface area contributed by atoms with E-state index in [4.69, 9.17) is 4.98 Å². The maximum absolute atomic E-state index is 13.2. The van der Waals surface area contributed by atoms with Crippen molar-refractivity contribution in [2.45, 2.75) is 43.8 Å². The van der Waals surface area contributed by atoms with Gasteiger partial charge in [-0.05, 0) is 49.2 Å². The molecular weight excluding hydrogens is 398 g/mol. The summed E-state index contributed by atoms with van der Waals surface area (Å²) >= 11 is 1.31. The fourth-order valence-electron chi connectivity index (χ4n) is 3.87. The van der Waals surface area contributed by atoms with E-state index in [1.807, 2.05) is 24.3 Å². The molecule has 1 heterocycles. The fraction of sp³-hybridized carbons (Fsp3) is 0.304. The lowest BCUT2D eigenvalue weighted by Gasteiger charge is -2.18. The second-order valence-corrected chi connectivity index (χ2v) is 8.44. The Kier molecular flexibility index (Phi) is 5.99. The number of nitrogens with zero attached hydrogens (tertiary/aromatic N) is 2. The number of carbonyl (C=O) groups excluding carboxylic acids is 2. The molecule has 3 aromatic rings. The topological polar surface area (TPSA) is 81.1 Å². The van der Waals surface area contributed by atoms with E-state index in [-0.39, 0.29) is 29.0 Å². The molecule has 0 saturated heterocycles. The third kappa shape index (κ3) is 4.31. The zero-order chi connectivity index (χ0) is 21.1.